The van der Waals surface area contributed by atoms with Gasteiger partial charge in [0.15, 0.2) is 0 Å². The fourth-order valence-electron chi connectivity index (χ4n) is 3.15. The Morgan fingerprint density at radius 2 is 0.800 bits per heavy atom. The topological polar surface area (TPSA) is 171 Å². The minimum absolute atomic E-state index is 0.0625. The summed E-state index contributed by atoms with van der Waals surface area (Å²) in [6.45, 7) is 14.1. The molecule has 0 rings (SSSR count). The lowest BCUT2D eigenvalue weighted by Crippen LogP contribution is -2.44. The van der Waals surface area contributed by atoms with Crippen LogP contribution in [-0.2, 0) is 15.1 Å². The average Bonchev–Trinajstić information content (AvgIpc) is 2.41. The van der Waals surface area contributed by atoms with Crippen LogP contribution in [0.3, 0.4) is 0 Å². The minimum atomic E-state index is -4.67. The van der Waals surface area contributed by atoms with Gasteiger partial charge in [0.2, 0.25) is 0 Å². The van der Waals surface area contributed by atoms with E-state index in [-0.39, 0.29) is 12.2 Å². The lowest BCUT2D eigenvalue weighted by molar-refractivity contribution is -0.0409. The van der Waals surface area contributed by atoms with Gasteiger partial charge < -0.3 is 25.2 Å². The quantitative estimate of drug-likeness (QED) is 0.179. The molecule has 0 aliphatic carbocycles. The number of hydrogen-bond acceptors (Lipinski definition) is 9. The molecular weight excluding hydrogens is 420 g/mol. The minimum Gasteiger partial charge on any atom is -0.392 e. The average molecular weight is 463 g/mol. The summed E-state index contributed by atoms with van der Waals surface area (Å²) in [5, 5.41) is 38.4. The summed E-state index contributed by atoms with van der Waals surface area (Å²) in [5.74, 6) is 0. The van der Waals surface area contributed by atoms with Crippen molar-refractivity contribution in [2.24, 2.45) is 0 Å². The van der Waals surface area contributed by atoms with Gasteiger partial charge in [-0.3, -0.25) is 18.9 Å². The largest absolute Gasteiger partial charge is 0.394 e. The Hall–Kier alpha value is -0.410. The number of aliphatic hydroxyl groups is 4. The Morgan fingerprint density at radius 1 is 0.600 bits per heavy atom. The number of ether oxygens (including phenoxy) is 1. The third-order valence-corrected chi connectivity index (χ3v) is 3.58. The molecule has 0 aliphatic rings. The van der Waals surface area contributed by atoms with Crippen LogP contribution in [0, 0.1) is 0 Å². The van der Waals surface area contributed by atoms with Crippen molar-refractivity contribution in [3.63, 3.8) is 0 Å². The van der Waals surface area contributed by atoms with E-state index in [2.05, 4.69) is 0 Å². The first-order valence-electron chi connectivity index (χ1n) is 10.0. The highest BCUT2D eigenvalue weighted by molar-refractivity contribution is 7.79. The first kappa shape index (κ1) is 31.8. The highest BCUT2D eigenvalue weighted by atomic mass is 32.3. The molecule has 0 bridgehead atoms. The third kappa shape index (κ3) is 25.6. The van der Waals surface area contributed by atoms with Crippen molar-refractivity contribution in [2.45, 2.75) is 78.2 Å². The third-order valence-electron chi connectivity index (χ3n) is 3.58. The van der Waals surface area contributed by atoms with Gasteiger partial charge in [0.05, 0.1) is 36.6 Å². The molecule has 6 N–H and O–H groups in total. The van der Waals surface area contributed by atoms with Crippen LogP contribution in [0.2, 0.25) is 0 Å². The van der Waals surface area contributed by atoms with Gasteiger partial charge in [0.25, 0.3) is 0 Å². The molecule has 6 unspecified atom stereocenters. The van der Waals surface area contributed by atoms with Gasteiger partial charge >= 0.3 is 10.4 Å². The molecule has 0 aromatic heterocycles. The zero-order chi connectivity index (χ0) is 24.1. The standard InChI is InChI=1S/C18H40N2O5.H2O4S/c1-13(21)7-19(8-14(2)22)11-17(5)25-18(6)12-20(9-15(3)23)10-16(4)24;1-5(2,3)4/h13-18,21-24H,7-12H2,1-6H3;(H2,1,2,3,4). The summed E-state index contributed by atoms with van der Waals surface area (Å²) in [6, 6.07) is 0. The summed E-state index contributed by atoms with van der Waals surface area (Å²) in [4.78, 5) is 3.99. The smallest absolute Gasteiger partial charge is 0.392 e. The SMILES string of the molecule is CC(O)CN(CC(C)O)CC(C)OC(C)CN(CC(C)O)CC(C)O.O=S(=O)(O)O. The molecule has 0 amide bonds. The van der Waals surface area contributed by atoms with Crippen LogP contribution in [0.4, 0.5) is 0 Å². The summed E-state index contributed by atoms with van der Waals surface area (Å²) in [5.41, 5.74) is 0. The highest BCUT2D eigenvalue weighted by Crippen LogP contribution is 2.07. The maximum Gasteiger partial charge on any atom is 0.394 e. The van der Waals surface area contributed by atoms with Crippen molar-refractivity contribution in [3.8, 4) is 0 Å². The van der Waals surface area contributed by atoms with E-state index in [0.29, 0.717) is 39.3 Å². The van der Waals surface area contributed by atoms with Gasteiger partial charge in [-0.1, -0.05) is 0 Å². The van der Waals surface area contributed by atoms with Crippen LogP contribution in [0.1, 0.15) is 41.5 Å². The van der Waals surface area contributed by atoms with E-state index in [1.165, 1.54) is 0 Å². The van der Waals surface area contributed by atoms with E-state index in [1.54, 1.807) is 27.7 Å². The van der Waals surface area contributed by atoms with Crippen LogP contribution >= 0.6 is 0 Å². The Kier molecular flexibility index (Phi) is 17.2. The van der Waals surface area contributed by atoms with Gasteiger partial charge in [-0.15, -0.1) is 0 Å². The molecule has 0 aromatic carbocycles. The van der Waals surface area contributed by atoms with Gasteiger partial charge in [-0.05, 0) is 41.5 Å². The van der Waals surface area contributed by atoms with Crippen molar-refractivity contribution < 1.29 is 42.7 Å². The molecule has 0 aliphatic heterocycles. The van der Waals surface area contributed by atoms with Crippen molar-refractivity contribution in [3.05, 3.63) is 0 Å². The van der Waals surface area contributed by atoms with Crippen LogP contribution in [0.25, 0.3) is 0 Å². The molecule has 0 fully saturated rings. The van der Waals surface area contributed by atoms with Gasteiger partial charge in [-0.25, -0.2) is 0 Å². The number of nitrogens with zero attached hydrogens (tertiary/aromatic N) is 2. The van der Waals surface area contributed by atoms with Crippen LogP contribution in [0.15, 0.2) is 0 Å². The molecule has 0 heterocycles. The van der Waals surface area contributed by atoms with Crippen LogP contribution in [-0.4, -0.2) is 124 Å². The predicted octanol–water partition coefficient (Wildman–Crippen LogP) is -0.746. The van der Waals surface area contributed by atoms with E-state index in [4.69, 9.17) is 22.3 Å². The molecule has 184 valence electrons. The second-order valence-electron chi connectivity index (χ2n) is 8.04. The number of aliphatic hydroxyl groups excluding tert-OH is 4. The molecule has 0 radical (unpaired) electrons. The van der Waals surface area contributed by atoms with Crippen molar-refractivity contribution >= 4 is 10.4 Å². The summed E-state index contributed by atoms with van der Waals surface area (Å²) < 4.78 is 37.6. The predicted molar refractivity (Wildman–Crippen MR) is 114 cm³/mol. The maximum absolute atomic E-state index is 9.60. The van der Waals surface area contributed by atoms with E-state index < -0.39 is 34.8 Å². The lowest BCUT2D eigenvalue weighted by Gasteiger charge is -2.32. The Morgan fingerprint density at radius 3 is 0.967 bits per heavy atom. The molecule has 0 aromatic rings. The molecule has 6 atom stereocenters. The van der Waals surface area contributed by atoms with E-state index in [9.17, 15) is 20.4 Å². The van der Waals surface area contributed by atoms with Gasteiger partial charge in [0.1, 0.15) is 0 Å². The zero-order valence-corrected chi connectivity index (χ0v) is 19.7. The van der Waals surface area contributed by atoms with E-state index >= 15 is 0 Å². The first-order chi connectivity index (χ1) is 13.5. The Labute approximate surface area is 180 Å². The fourth-order valence-corrected chi connectivity index (χ4v) is 3.15. The highest BCUT2D eigenvalue weighted by Gasteiger charge is 2.19. The second kappa shape index (κ2) is 16.3. The molecule has 0 spiro atoms. The molecule has 30 heavy (non-hydrogen) atoms. The van der Waals surface area contributed by atoms with E-state index in [0.717, 1.165) is 0 Å². The molecule has 11 nitrogen and oxygen atoms in total. The Bertz CT molecular complexity index is 458. The Balaban J connectivity index is 0. The monoisotopic (exact) mass is 462 g/mol. The molecule has 0 saturated carbocycles. The molecular formula is C18H42N2O9S. The van der Waals surface area contributed by atoms with Crippen LogP contribution < -0.4 is 0 Å². The van der Waals surface area contributed by atoms with E-state index in [1.807, 2.05) is 23.6 Å². The summed E-state index contributed by atoms with van der Waals surface area (Å²) >= 11 is 0. The second-order valence-corrected chi connectivity index (χ2v) is 8.93. The number of rotatable bonds is 14. The lowest BCUT2D eigenvalue weighted by atomic mass is 10.2. The zero-order valence-electron chi connectivity index (χ0n) is 18.9. The van der Waals surface area contributed by atoms with Gasteiger partial charge in [-0.2, -0.15) is 8.42 Å². The van der Waals surface area contributed by atoms with Gasteiger partial charge in [0, 0.05) is 39.3 Å². The summed E-state index contributed by atoms with van der Waals surface area (Å²) in [6.07, 6.45) is -1.97. The maximum atomic E-state index is 9.60. The van der Waals surface area contributed by atoms with Crippen molar-refractivity contribution in [1.82, 2.24) is 9.80 Å². The van der Waals surface area contributed by atoms with Crippen molar-refractivity contribution in [1.29, 1.82) is 0 Å². The molecule has 12 heteroatoms. The molecule has 0 saturated heterocycles. The fraction of sp³-hybridized carbons (Fsp3) is 1.00. The summed E-state index contributed by atoms with van der Waals surface area (Å²) in [7, 11) is -4.67. The normalized spacial score (nSPS) is 18.3. The first-order valence-corrected chi connectivity index (χ1v) is 11.4. The number of hydrogen-bond donors (Lipinski definition) is 6. The van der Waals surface area contributed by atoms with Crippen molar-refractivity contribution in [2.75, 3.05) is 39.3 Å². The van der Waals surface area contributed by atoms with Crippen LogP contribution in [0.5, 0.6) is 0 Å².